The maximum Gasteiger partial charge on any atom is 0.138 e. The zero-order valence-electron chi connectivity index (χ0n) is 8.74. The molecule has 0 aromatic carbocycles. The van der Waals surface area contributed by atoms with E-state index in [2.05, 4.69) is 17.0 Å². The molecule has 14 heavy (non-hydrogen) atoms. The third-order valence-corrected chi connectivity index (χ3v) is 3.10. The Morgan fingerprint density at radius 1 is 1.50 bits per heavy atom. The maximum absolute atomic E-state index is 6.29. The van der Waals surface area contributed by atoms with Crippen LogP contribution >= 0.6 is 0 Å². The molecule has 2 N–H and O–H groups in total. The summed E-state index contributed by atoms with van der Waals surface area (Å²) < 4.78 is 1.94. The summed E-state index contributed by atoms with van der Waals surface area (Å²) in [5, 5.41) is 4.16. The Hall–Kier alpha value is -0.900. The predicted octanol–water partition coefficient (Wildman–Crippen LogP) is 1.11. The van der Waals surface area contributed by atoms with Crippen molar-refractivity contribution in [2.45, 2.75) is 51.1 Å². The van der Waals surface area contributed by atoms with Crippen molar-refractivity contribution in [1.82, 2.24) is 14.8 Å². The van der Waals surface area contributed by atoms with Crippen LogP contribution in [0.2, 0.25) is 0 Å². The lowest BCUT2D eigenvalue weighted by Gasteiger charge is -2.22. The van der Waals surface area contributed by atoms with E-state index < -0.39 is 0 Å². The van der Waals surface area contributed by atoms with Crippen molar-refractivity contribution in [2.24, 2.45) is 5.73 Å². The van der Waals surface area contributed by atoms with E-state index >= 15 is 0 Å². The van der Waals surface area contributed by atoms with E-state index in [0.717, 1.165) is 31.6 Å². The van der Waals surface area contributed by atoms with Gasteiger partial charge in [0.15, 0.2) is 0 Å². The second kappa shape index (κ2) is 3.69. The molecule has 1 aliphatic carbocycles. The van der Waals surface area contributed by atoms with Crippen molar-refractivity contribution in [3.05, 3.63) is 12.2 Å². The van der Waals surface area contributed by atoms with Crippen molar-refractivity contribution < 1.29 is 0 Å². The average Bonchev–Trinajstić information content (AvgIpc) is 2.75. The zero-order valence-corrected chi connectivity index (χ0v) is 8.74. The van der Waals surface area contributed by atoms with Crippen molar-refractivity contribution >= 4 is 0 Å². The molecule has 0 radical (unpaired) electrons. The van der Waals surface area contributed by atoms with Crippen LogP contribution in [-0.2, 0) is 13.0 Å². The number of nitrogens with zero attached hydrogens (tertiary/aromatic N) is 3. The van der Waals surface area contributed by atoms with Gasteiger partial charge >= 0.3 is 0 Å². The van der Waals surface area contributed by atoms with Crippen molar-refractivity contribution in [3.63, 3.8) is 0 Å². The largest absolute Gasteiger partial charge is 0.325 e. The zero-order chi connectivity index (χ0) is 10.0. The van der Waals surface area contributed by atoms with Gasteiger partial charge in [0.25, 0.3) is 0 Å². The van der Waals surface area contributed by atoms with Crippen LogP contribution in [0.25, 0.3) is 0 Å². The van der Waals surface area contributed by atoms with Crippen LogP contribution in [0, 0.1) is 0 Å². The van der Waals surface area contributed by atoms with Crippen LogP contribution in [-0.4, -0.2) is 20.3 Å². The van der Waals surface area contributed by atoms with Crippen molar-refractivity contribution in [1.29, 1.82) is 0 Å². The number of rotatable bonds is 3. The molecule has 0 saturated heterocycles. The number of hydrogen-bond donors (Lipinski definition) is 1. The highest BCUT2D eigenvalue weighted by Crippen LogP contribution is 2.29. The summed E-state index contributed by atoms with van der Waals surface area (Å²) in [6, 6.07) is 0. The molecule has 78 valence electrons. The first-order valence-corrected chi connectivity index (χ1v) is 5.39. The number of aryl methyl sites for hydroxylation is 1. The van der Waals surface area contributed by atoms with E-state index in [1.807, 2.05) is 4.68 Å². The van der Waals surface area contributed by atoms with E-state index in [1.54, 1.807) is 6.33 Å². The highest BCUT2D eigenvalue weighted by Gasteiger charge is 2.30. The molecule has 0 aliphatic heterocycles. The minimum atomic E-state index is -0.0139. The Balaban J connectivity index is 2.09. The molecule has 0 spiro atoms. The lowest BCUT2D eigenvalue weighted by atomic mass is 9.94. The van der Waals surface area contributed by atoms with Crippen LogP contribution in [0.3, 0.4) is 0 Å². The van der Waals surface area contributed by atoms with Crippen LogP contribution in [0.4, 0.5) is 0 Å². The van der Waals surface area contributed by atoms with Gasteiger partial charge in [0.1, 0.15) is 12.2 Å². The molecule has 0 bridgehead atoms. The Bertz CT molecular complexity index is 299. The van der Waals surface area contributed by atoms with Gasteiger partial charge in [-0.05, 0) is 19.8 Å². The fourth-order valence-corrected chi connectivity index (χ4v) is 2.26. The lowest BCUT2D eigenvalue weighted by molar-refractivity contribution is 0.413. The first kappa shape index (κ1) is 9.65. The van der Waals surface area contributed by atoms with E-state index in [4.69, 9.17) is 5.73 Å². The Kier molecular flexibility index (Phi) is 2.54. The summed E-state index contributed by atoms with van der Waals surface area (Å²) >= 11 is 0. The van der Waals surface area contributed by atoms with Crippen LogP contribution in [0.15, 0.2) is 6.33 Å². The van der Waals surface area contributed by atoms with E-state index in [1.165, 1.54) is 12.8 Å². The van der Waals surface area contributed by atoms with Gasteiger partial charge in [-0.25, -0.2) is 4.98 Å². The lowest BCUT2D eigenvalue weighted by Crippen LogP contribution is -2.39. The summed E-state index contributed by atoms with van der Waals surface area (Å²) in [5.74, 6) is 1.04. The topological polar surface area (TPSA) is 56.7 Å². The third-order valence-electron chi connectivity index (χ3n) is 3.10. The molecular formula is C10H18N4. The maximum atomic E-state index is 6.29. The SMILES string of the molecule is CCn1ncnc1CC1(N)CCCC1. The molecule has 1 aromatic heterocycles. The minimum absolute atomic E-state index is 0.0139. The fourth-order valence-electron chi connectivity index (χ4n) is 2.26. The second-order valence-electron chi connectivity index (χ2n) is 4.24. The Labute approximate surface area is 84.5 Å². The van der Waals surface area contributed by atoms with Crippen LogP contribution in [0.1, 0.15) is 38.4 Å². The summed E-state index contributed by atoms with van der Waals surface area (Å²) in [6.45, 7) is 2.96. The molecule has 4 nitrogen and oxygen atoms in total. The highest BCUT2D eigenvalue weighted by atomic mass is 15.3. The summed E-state index contributed by atoms with van der Waals surface area (Å²) in [5.41, 5.74) is 6.28. The van der Waals surface area contributed by atoms with Gasteiger partial charge in [-0.1, -0.05) is 12.8 Å². The Morgan fingerprint density at radius 2 is 2.21 bits per heavy atom. The standard InChI is InChI=1S/C10H18N4/c1-2-14-9(12-8-13-14)7-10(11)5-3-4-6-10/h8H,2-7,11H2,1H3. The molecule has 1 fully saturated rings. The van der Waals surface area contributed by atoms with Gasteiger partial charge in [0, 0.05) is 18.5 Å². The summed E-state index contributed by atoms with van der Waals surface area (Å²) in [7, 11) is 0. The first-order chi connectivity index (χ1) is 6.73. The third kappa shape index (κ3) is 1.80. The molecule has 1 aromatic rings. The van der Waals surface area contributed by atoms with Gasteiger partial charge < -0.3 is 5.73 Å². The van der Waals surface area contributed by atoms with Crippen LogP contribution < -0.4 is 5.73 Å². The van der Waals surface area contributed by atoms with Crippen molar-refractivity contribution in [3.8, 4) is 0 Å². The predicted molar refractivity (Wildman–Crippen MR) is 54.8 cm³/mol. The molecule has 1 saturated carbocycles. The summed E-state index contributed by atoms with van der Waals surface area (Å²) in [6.07, 6.45) is 7.28. The summed E-state index contributed by atoms with van der Waals surface area (Å²) in [4.78, 5) is 4.27. The molecule has 0 atom stereocenters. The smallest absolute Gasteiger partial charge is 0.138 e. The molecule has 4 heteroatoms. The first-order valence-electron chi connectivity index (χ1n) is 5.39. The van der Waals surface area contributed by atoms with Gasteiger partial charge in [-0.3, -0.25) is 4.68 Å². The molecule has 0 unspecified atom stereocenters. The minimum Gasteiger partial charge on any atom is -0.325 e. The normalized spacial score (nSPS) is 20.1. The van der Waals surface area contributed by atoms with Crippen molar-refractivity contribution in [2.75, 3.05) is 0 Å². The highest BCUT2D eigenvalue weighted by molar-refractivity contribution is 4.99. The van der Waals surface area contributed by atoms with Gasteiger partial charge in [0.2, 0.25) is 0 Å². The molecule has 1 aliphatic rings. The monoisotopic (exact) mass is 194 g/mol. The molecular weight excluding hydrogens is 176 g/mol. The average molecular weight is 194 g/mol. The van der Waals surface area contributed by atoms with E-state index in [9.17, 15) is 0 Å². The molecule has 0 amide bonds. The second-order valence-corrected chi connectivity index (χ2v) is 4.24. The van der Waals surface area contributed by atoms with Gasteiger partial charge in [-0.2, -0.15) is 5.10 Å². The van der Waals surface area contributed by atoms with Gasteiger partial charge in [0.05, 0.1) is 0 Å². The number of nitrogens with two attached hydrogens (primary N) is 1. The van der Waals surface area contributed by atoms with Crippen LogP contribution in [0.5, 0.6) is 0 Å². The van der Waals surface area contributed by atoms with Gasteiger partial charge in [-0.15, -0.1) is 0 Å². The Morgan fingerprint density at radius 3 is 2.86 bits per heavy atom. The molecule has 2 rings (SSSR count). The van der Waals surface area contributed by atoms with E-state index in [0.29, 0.717) is 0 Å². The quantitative estimate of drug-likeness (QED) is 0.784. The van der Waals surface area contributed by atoms with E-state index in [-0.39, 0.29) is 5.54 Å². The fraction of sp³-hybridized carbons (Fsp3) is 0.800. The molecule has 1 heterocycles. The number of aromatic nitrogens is 3. The number of hydrogen-bond acceptors (Lipinski definition) is 3.